The Morgan fingerprint density at radius 2 is 2.42 bits per heavy atom. The monoisotopic (exact) mass is 190 g/mol. The molecule has 1 aliphatic rings. The summed E-state index contributed by atoms with van der Waals surface area (Å²) in [5, 5.41) is 18.6. The summed E-state index contributed by atoms with van der Waals surface area (Å²) < 4.78 is 0. The predicted octanol–water partition coefficient (Wildman–Crippen LogP) is 1.11. The molecule has 0 spiro atoms. The van der Waals surface area contributed by atoms with Gasteiger partial charge in [-0.05, 0) is 18.6 Å². The number of hydrogen-bond acceptors (Lipinski definition) is 3. The van der Waals surface area contributed by atoms with Crippen LogP contribution in [0.15, 0.2) is 0 Å². The van der Waals surface area contributed by atoms with Gasteiger partial charge in [-0.3, -0.25) is 4.79 Å². The Balaban J connectivity index is 2.42. The first-order chi connectivity index (χ1) is 5.54. The molecule has 0 amide bonds. The molecule has 0 bridgehead atoms. The molecule has 1 aliphatic heterocycles. The smallest absolute Gasteiger partial charge is 0.303 e. The van der Waals surface area contributed by atoms with E-state index in [0.29, 0.717) is 6.42 Å². The minimum absolute atomic E-state index is 0.0708. The van der Waals surface area contributed by atoms with Crippen LogP contribution in [0.5, 0.6) is 0 Å². The molecule has 0 aliphatic carbocycles. The lowest BCUT2D eigenvalue weighted by Crippen LogP contribution is -2.34. The topological polar surface area (TPSA) is 57.5 Å². The molecule has 2 unspecified atom stereocenters. The van der Waals surface area contributed by atoms with Crippen LogP contribution >= 0.6 is 11.8 Å². The van der Waals surface area contributed by atoms with E-state index in [2.05, 4.69) is 0 Å². The Bertz CT molecular complexity index is 183. The van der Waals surface area contributed by atoms with Crippen LogP contribution in [0.25, 0.3) is 0 Å². The van der Waals surface area contributed by atoms with Gasteiger partial charge in [0.1, 0.15) is 0 Å². The number of aliphatic hydroxyl groups is 1. The number of carboxylic acids is 1. The van der Waals surface area contributed by atoms with Crippen molar-refractivity contribution in [1.82, 2.24) is 0 Å². The number of thioether (sulfide) groups is 1. The van der Waals surface area contributed by atoms with Gasteiger partial charge < -0.3 is 10.2 Å². The van der Waals surface area contributed by atoms with Gasteiger partial charge in [-0.2, -0.15) is 11.8 Å². The minimum Gasteiger partial charge on any atom is -0.481 e. The summed E-state index contributed by atoms with van der Waals surface area (Å²) in [6.07, 6.45) is 1.18. The van der Waals surface area contributed by atoms with Gasteiger partial charge in [-0.1, -0.05) is 6.92 Å². The fraction of sp³-hybridized carbons (Fsp3) is 0.875. The van der Waals surface area contributed by atoms with E-state index >= 15 is 0 Å². The summed E-state index contributed by atoms with van der Waals surface area (Å²) in [6.45, 7) is 1.96. The van der Waals surface area contributed by atoms with Crippen LogP contribution in [-0.2, 0) is 4.79 Å². The van der Waals surface area contributed by atoms with Gasteiger partial charge in [-0.25, -0.2) is 0 Å². The van der Waals surface area contributed by atoms with Crippen LogP contribution in [0.2, 0.25) is 0 Å². The maximum Gasteiger partial charge on any atom is 0.303 e. The maximum absolute atomic E-state index is 10.3. The SMILES string of the molecule is CC1SCCC1(O)CCC(=O)O. The highest BCUT2D eigenvalue weighted by atomic mass is 32.2. The van der Waals surface area contributed by atoms with Crippen molar-refractivity contribution in [1.29, 1.82) is 0 Å². The second-order valence-corrected chi connectivity index (χ2v) is 4.71. The van der Waals surface area contributed by atoms with E-state index in [1.54, 1.807) is 11.8 Å². The number of rotatable bonds is 3. The lowest BCUT2D eigenvalue weighted by molar-refractivity contribution is -0.138. The van der Waals surface area contributed by atoms with Crippen molar-refractivity contribution >= 4 is 17.7 Å². The molecule has 12 heavy (non-hydrogen) atoms. The van der Waals surface area contributed by atoms with Crippen LogP contribution in [-0.4, -0.2) is 32.8 Å². The molecule has 2 atom stereocenters. The fourth-order valence-electron chi connectivity index (χ4n) is 1.42. The molecule has 1 fully saturated rings. The Morgan fingerprint density at radius 3 is 2.83 bits per heavy atom. The van der Waals surface area contributed by atoms with Gasteiger partial charge in [-0.15, -0.1) is 0 Å². The van der Waals surface area contributed by atoms with Crippen molar-refractivity contribution in [2.75, 3.05) is 5.75 Å². The van der Waals surface area contributed by atoms with E-state index in [-0.39, 0.29) is 11.7 Å². The van der Waals surface area contributed by atoms with Crippen LogP contribution < -0.4 is 0 Å². The molecule has 1 rings (SSSR count). The Morgan fingerprint density at radius 1 is 1.75 bits per heavy atom. The van der Waals surface area contributed by atoms with Gasteiger partial charge in [0.05, 0.1) is 5.60 Å². The molecule has 0 aromatic carbocycles. The third-order valence-electron chi connectivity index (χ3n) is 2.43. The van der Waals surface area contributed by atoms with E-state index in [4.69, 9.17) is 5.11 Å². The summed E-state index contributed by atoms with van der Waals surface area (Å²) in [4.78, 5) is 10.3. The normalized spacial score (nSPS) is 35.3. The first-order valence-corrected chi connectivity index (χ1v) is 5.15. The van der Waals surface area contributed by atoms with Gasteiger partial charge in [0.2, 0.25) is 0 Å². The number of carboxylic acid groups (broad SMARTS) is 1. The summed E-state index contributed by atoms with van der Waals surface area (Å²) >= 11 is 1.71. The second kappa shape index (κ2) is 3.66. The quantitative estimate of drug-likeness (QED) is 0.700. The third-order valence-corrected chi connectivity index (χ3v) is 3.81. The van der Waals surface area contributed by atoms with E-state index in [0.717, 1.165) is 12.2 Å². The highest BCUT2D eigenvalue weighted by molar-refractivity contribution is 8.00. The summed E-state index contributed by atoms with van der Waals surface area (Å²) in [7, 11) is 0. The van der Waals surface area contributed by atoms with Gasteiger partial charge in [0.15, 0.2) is 0 Å². The molecule has 0 aromatic heterocycles. The van der Waals surface area contributed by atoms with Gasteiger partial charge in [0, 0.05) is 11.7 Å². The molecule has 1 saturated heterocycles. The van der Waals surface area contributed by atoms with Crippen molar-refractivity contribution in [2.45, 2.75) is 37.0 Å². The first-order valence-electron chi connectivity index (χ1n) is 4.10. The summed E-state index contributed by atoms with van der Waals surface area (Å²) in [5.74, 6) is 0.115. The molecule has 2 N–H and O–H groups in total. The standard InChI is InChI=1S/C8H14O3S/c1-6-8(11,4-5-12-6)3-2-7(9)10/h6,11H,2-5H2,1H3,(H,9,10). The second-order valence-electron chi connectivity index (χ2n) is 3.26. The molecule has 4 heteroatoms. The summed E-state index contributed by atoms with van der Waals surface area (Å²) in [6, 6.07) is 0. The third kappa shape index (κ3) is 2.14. The van der Waals surface area contributed by atoms with Crippen LogP contribution in [0.3, 0.4) is 0 Å². The molecular weight excluding hydrogens is 176 g/mol. The predicted molar refractivity (Wildman–Crippen MR) is 48.4 cm³/mol. The summed E-state index contributed by atoms with van der Waals surface area (Å²) in [5.41, 5.74) is -0.733. The zero-order chi connectivity index (χ0) is 9.19. The lowest BCUT2D eigenvalue weighted by atomic mass is 9.92. The first kappa shape index (κ1) is 9.86. The molecule has 3 nitrogen and oxygen atoms in total. The van der Waals surface area contributed by atoms with E-state index in [1.807, 2.05) is 6.92 Å². The van der Waals surface area contributed by atoms with Crippen molar-refractivity contribution in [3.05, 3.63) is 0 Å². The van der Waals surface area contributed by atoms with Crippen molar-refractivity contribution in [3.8, 4) is 0 Å². The van der Waals surface area contributed by atoms with Crippen LogP contribution in [0.1, 0.15) is 26.2 Å². The molecule has 0 saturated carbocycles. The molecule has 0 radical (unpaired) electrons. The maximum atomic E-state index is 10.3. The number of aliphatic carboxylic acids is 1. The zero-order valence-corrected chi connectivity index (χ0v) is 7.93. The lowest BCUT2D eigenvalue weighted by Gasteiger charge is -2.25. The van der Waals surface area contributed by atoms with E-state index in [1.165, 1.54) is 0 Å². The highest BCUT2D eigenvalue weighted by Gasteiger charge is 2.38. The Kier molecular flexibility index (Phi) is 3.01. The highest BCUT2D eigenvalue weighted by Crippen LogP contribution is 2.38. The number of carbonyl (C=O) groups is 1. The van der Waals surface area contributed by atoms with E-state index < -0.39 is 11.6 Å². The average molecular weight is 190 g/mol. The number of hydrogen-bond donors (Lipinski definition) is 2. The van der Waals surface area contributed by atoms with Gasteiger partial charge >= 0.3 is 5.97 Å². The molecular formula is C8H14O3S. The van der Waals surface area contributed by atoms with Crippen molar-refractivity contribution in [2.24, 2.45) is 0 Å². The fourth-order valence-corrected chi connectivity index (χ4v) is 2.79. The van der Waals surface area contributed by atoms with Crippen LogP contribution in [0.4, 0.5) is 0 Å². The molecule has 70 valence electrons. The van der Waals surface area contributed by atoms with Crippen LogP contribution in [0, 0.1) is 0 Å². The van der Waals surface area contributed by atoms with Crippen molar-refractivity contribution in [3.63, 3.8) is 0 Å². The van der Waals surface area contributed by atoms with Crippen molar-refractivity contribution < 1.29 is 15.0 Å². The zero-order valence-electron chi connectivity index (χ0n) is 7.12. The Hall–Kier alpha value is -0.220. The molecule has 1 heterocycles. The molecule has 0 aromatic rings. The Labute approximate surface area is 76.2 Å². The average Bonchev–Trinajstić information content (AvgIpc) is 2.30. The van der Waals surface area contributed by atoms with Gasteiger partial charge in [0.25, 0.3) is 0 Å². The van der Waals surface area contributed by atoms with E-state index in [9.17, 15) is 9.90 Å². The largest absolute Gasteiger partial charge is 0.481 e. The minimum atomic E-state index is -0.826.